The number of hydrogen-bond donors (Lipinski definition) is 1. The Hall–Kier alpha value is -0.0800. The summed E-state index contributed by atoms with van der Waals surface area (Å²) in [6.07, 6.45) is 2.86. The Labute approximate surface area is 101 Å². The summed E-state index contributed by atoms with van der Waals surface area (Å²) < 4.78 is 0. The van der Waals surface area contributed by atoms with Gasteiger partial charge in [-0.2, -0.15) is 0 Å². The Balaban J connectivity index is 2.05. The second kappa shape index (κ2) is 3.99. The molecule has 1 N–H and O–H groups in total. The van der Waals surface area contributed by atoms with Gasteiger partial charge in [0, 0.05) is 30.7 Å². The van der Waals surface area contributed by atoms with Crippen molar-refractivity contribution in [1.82, 2.24) is 10.2 Å². The molecule has 1 aliphatic heterocycles. The molecule has 2 rings (SSSR count). The first-order valence-electron chi connectivity index (χ1n) is 6.83. The summed E-state index contributed by atoms with van der Waals surface area (Å²) >= 11 is 0. The van der Waals surface area contributed by atoms with Crippen LogP contribution in [0.1, 0.15) is 47.5 Å². The van der Waals surface area contributed by atoms with Crippen molar-refractivity contribution in [2.75, 3.05) is 19.6 Å². The van der Waals surface area contributed by atoms with E-state index in [2.05, 4.69) is 44.8 Å². The highest BCUT2D eigenvalue weighted by molar-refractivity contribution is 5.06. The molecule has 0 aromatic heterocycles. The minimum Gasteiger partial charge on any atom is -0.308 e. The fourth-order valence-electron chi connectivity index (χ4n) is 2.94. The van der Waals surface area contributed by atoms with Crippen molar-refractivity contribution in [2.45, 2.75) is 58.5 Å². The molecule has 94 valence electrons. The summed E-state index contributed by atoms with van der Waals surface area (Å²) in [5.74, 6) is 1.69. The molecule has 1 saturated carbocycles. The predicted molar refractivity (Wildman–Crippen MR) is 69.6 cm³/mol. The van der Waals surface area contributed by atoms with E-state index in [1.807, 2.05) is 0 Å². The minimum absolute atomic E-state index is 0.318. The van der Waals surface area contributed by atoms with Crippen LogP contribution in [0.5, 0.6) is 0 Å². The maximum absolute atomic E-state index is 3.81. The summed E-state index contributed by atoms with van der Waals surface area (Å²) in [7, 11) is 0. The van der Waals surface area contributed by atoms with E-state index in [0.29, 0.717) is 11.1 Å². The van der Waals surface area contributed by atoms with Gasteiger partial charge >= 0.3 is 0 Å². The molecule has 0 aromatic carbocycles. The molecule has 16 heavy (non-hydrogen) atoms. The first kappa shape index (κ1) is 12.4. The molecule has 0 bridgehead atoms. The third-order valence-corrected chi connectivity index (χ3v) is 4.36. The zero-order chi connectivity index (χ0) is 12.0. The van der Waals surface area contributed by atoms with Crippen LogP contribution in [0.2, 0.25) is 0 Å². The molecular formula is C14H28N2. The molecule has 2 fully saturated rings. The Morgan fingerprint density at radius 3 is 2.38 bits per heavy atom. The van der Waals surface area contributed by atoms with Gasteiger partial charge in [0.15, 0.2) is 0 Å². The van der Waals surface area contributed by atoms with Gasteiger partial charge in [-0.15, -0.1) is 0 Å². The van der Waals surface area contributed by atoms with Crippen molar-refractivity contribution >= 4 is 0 Å². The van der Waals surface area contributed by atoms with Crippen LogP contribution in [-0.2, 0) is 0 Å². The van der Waals surface area contributed by atoms with Crippen LogP contribution in [0.3, 0.4) is 0 Å². The third kappa shape index (κ3) is 2.43. The highest BCUT2D eigenvalue weighted by Crippen LogP contribution is 2.42. The van der Waals surface area contributed by atoms with Crippen LogP contribution in [-0.4, -0.2) is 35.6 Å². The lowest BCUT2D eigenvalue weighted by atomic mass is 9.86. The lowest BCUT2D eigenvalue weighted by molar-refractivity contribution is 0.0160. The molecule has 0 aromatic rings. The Morgan fingerprint density at radius 2 is 1.88 bits per heavy atom. The molecule has 1 atom stereocenters. The molecule has 1 heterocycles. The van der Waals surface area contributed by atoms with Gasteiger partial charge < -0.3 is 5.32 Å². The topological polar surface area (TPSA) is 15.3 Å². The smallest absolute Gasteiger partial charge is 0.0309 e. The van der Waals surface area contributed by atoms with Crippen molar-refractivity contribution in [1.29, 1.82) is 0 Å². The van der Waals surface area contributed by atoms with Gasteiger partial charge in [-0.1, -0.05) is 13.8 Å². The second-order valence-corrected chi connectivity index (χ2v) is 7.13. The van der Waals surface area contributed by atoms with Gasteiger partial charge in [0.05, 0.1) is 0 Å². The van der Waals surface area contributed by atoms with E-state index >= 15 is 0 Å². The molecule has 2 nitrogen and oxygen atoms in total. The number of rotatable bonds is 3. The summed E-state index contributed by atoms with van der Waals surface area (Å²) in [6, 6.07) is 0. The standard InChI is InChI=1S/C14H28N2/c1-11(2)8-16-10-14(5,12-6-7-12)15-9-13(16,3)4/h11-12,15H,6-10H2,1-5H3. The summed E-state index contributed by atoms with van der Waals surface area (Å²) in [4.78, 5) is 2.70. The number of piperazine rings is 1. The SMILES string of the molecule is CC(C)CN1CC(C)(C2CC2)NCC1(C)C. The molecule has 0 amide bonds. The average Bonchev–Trinajstić information content (AvgIpc) is 2.94. The minimum atomic E-state index is 0.318. The van der Waals surface area contributed by atoms with Crippen LogP contribution in [0.15, 0.2) is 0 Å². The first-order valence-corrected chi connectivity index (χ1v) is 6.83. The van der Waals surface area contributed by atoms with Crippen molar-refractivity contribution < 1.29 is 0 Å². The number of nitrogens with one attached hydrogen (secondary N) is 1. The molecule has 0 spiro atoms. The third-order valence-electron chi connectivity index (χ3n) is 4.36. The van der Waals surface area contributed by atoms with E-state index in [1.165, 1.54) is 25.9 Å². The number of nitrogens with zero attached hydrogens (tertiary/aromatic N) is 1. The van der Waals surface area contributed by atoms with Gasteiger partial charge in [-0.3, -0.25) is 4.90 Å². The molecule has 2 heteroatoms. The molecule has 1 unspecified atom stereocenters. The number of hydrogen-bond acceptors (Lipinski definition) is 2. The zero-order valence-electron chi connectivity index (χ0n) is 11.6. The molecule has 0 radical (unpaired) electrons. The predicted octanol–water partition coefficient (Wildman–Crippen LogP) is 2.49. The van der Waals surface area contributed by atoms with E-state index in [1.54, 1.807) is 0 Å². The lowest BCUT2D eigenvalue weighted by Gasteiger charge is -2.51. The fourth-order valence-corrected chi connectivity index (χ4v) is 2.94. The van der Waals surface area contributed by atoms with Crippen molar-refractivity contribution in [3.8, 4) is 0 Å². The van der Waals surface area contributed by atoms with Crippen molar-refractivity contribution in [2.24, 2.45) is 11.8 Å². The molecule has 2 aliphatic rings. The van der Waals surface area contributed by atoms with Gasteiger partial charge in [0.2, 0.25) is 0 Å². The van der Waals surface area contributed by atoms with Gasteiger partial charge in [-0.05, 0) is 45.4 Å². The van der Waals surface area contributed by atoms with Crippen LogP contribution in [0.25, 0.3) is 0 Å². The largest absolute Gasteiger partial charge is 0.308 e. The molecular weight excluding hydrogens is 196 g/mol. The monoisotopic (exact) mass is 224 g/mol. The highest BCUT2D eigenvalue weighted by atomic mass is 15.3. The van der Waals surface area contributed by atoms with Crippen LogP contribution in [0.4, 0.5) is 0 Å². The van der Waals surface area contributed by atoms with E-state index < -0.39 is 0 Å². The van der Waals surface area contributed by atoms with Gasteiger partial charge in [0.1, 0.15) is 0 Å². The maximum Gasteiger partial charge on any atom is 0.0309 e. The molecule has 1 saturated heterocycles. The van der Waals surface area contributed by atoms with E-state index in [0.717, 1.165) is 18.4 Å². The average molecular weight is 224 g/mol. The summed E-state index contributed by atoms with van der Waals surface area (Å²) in [6.45, 7) is 15.4. The quantitative estimate of drug-likeness (QED) is 0.792. The Kier molecular flexibility index (Phi) is 3.09. The summed E-state index contributed by atoms with van der Waals surface area (Å²) in [5.41, 5.74) is 0.697. The highest BCUT2D eigenvalue weighted by Gasteiger charge is 2.47. The van der Waals surface area contributed by atoms with E-state index in [9.17, 15) is 0 Å². The van der Waals surface area contributed by atoms with Gasteiger partial charge in [-0.25, -0.2) is 0 Å². The zero-order valence-corrected chi connectivity index (χ0v) is 11.6. The van der Waals surface area contributed by atoms with Gasteiger partial charge in [0.25, 0.3) is 0 Å². The van der Waals surface area contributed by atoms with Crippen molar-refractivity contribution in [3.05, 3.63) is 0 Å². The fraction of sp³-hybridized carbons (Fsp3) is 1.00. The van der Waals surface area contributed by atoms with E-state index in [-0.39, 0.29) is 0 Å². The summed E-state index contributed by atoms with van der Waals surface area (Å²) in [5, 5.41) is 3.81. The maximum atomic E-state index is 3.81. The lowest BCUT2D eigenvalue weighted by Crippen LogP contribution is -2.68. The van der Waals surface area contributed by atoms with Crippen LogP contribution < -0.4 is 5.32 Å². The van der Waals surface area contributed by atoms with Crippen LogP contribution >= 0.6 is 0 Å². The second-order valence-electron chi connectivity index (χ2n) is 7.13. The Bertz CT molecular complexity index is 255. The molecule has 1 aliphatic carbocycles. The first-order chi connectivity index (χ1) is 7.33. The Morgan fingerprint density at radius 1 is 1.25 bits per heavy atom. The normalized spacial score (nSPS) is 35.6. The van der Waals surface area contributed by atoms with Crippen molar-refractivity contribution in [3.63, 3.8) is 0 Å². The van der Waals surface area contributed by atoms with Crippen LogP contribution in [0, 0.1) is 11.8 Å². The van der Waals surface area contributed by atoms with E-state index in [4.69, 9.17) is 0 Å².